The molecule has 5 heteroatoms. The molecule has 4 N–H and O–H groups in total. The average molecular weight is 261 g/mol. The first-order valence-corrected chi connectivity index (χ1v) is 6.58. The van der Waals surface area contributed by atoms with Crippen molar-refractivity contribution >= 4 is 17.5 Å². The van der Waals surface area contributed by atoms with Gasteiger partial charge in [-0.2, -0.15) is 0 Å². The van der Waals surface area contributed by atoms with Crippen LogP contribution >= 0.6 is 0 Å². The highest BCUT2D eigenvalue weighted by atomic mass is 16.2. The predicted molar refractivity (Wildman–Crippen MR) is 73.8 cm³/mol. The van der Waals surface area contributed by atoms with E-state index in [1.54, 1.807) is 24.3 Å². The Morgan fingerprint density at radius 1 is 1.37 bits per heavy atom. The number of anilines is 1. The van der Waals surface area contributed by atoms with E-state index >= 15 is 0 Å². The van der Waals surface area contributed by atoms with E-state index in [-0.39, 0.29) is 17.9 Å². The van der Waals surface area contributed by atoms with Gasteiger partial charge in [-0.05, 0) is 31.4 Å². The van der Waals surface area contributed by atoms with Gasteiger partial charge in [-0.15, -0.1) is 0 Å². The maximum Gasteiger partial charge on any atom is 0.253 e. The molecule has 0 spiro atoms. The molecule has 1 aromatic carbocycles. The van der Waals surface area contributed by atoms with Crippen molar-refractivity contribution in [3.8, 4) is 0 Å². The summed E-state index contributed by atoms with van der Waals surface area (Å²) in [6.45, 7) is 1.84. The lowest BCUT2D eigenvalue weighted by Crippen LogP contribution is -2.35. The molecular formula is C14H19N3O2. The van der Waals surface area contributed by atoms with E-state index in [0.717, 1.165) is 12.8 Å². The molecule has 0 bridgehead atoms. The molecule has 5 nitrogen and oxygen atoms in total. The van der Waals surface area contributed by atoms with Gasteiger partial charge in [-0.3, -0.25) is 9.59 Å². The Bertz CT molecular complexity index is 483. The van der Waals surface area contributed by atoms with E-state index in [9.17, 15) is 9.59 Å². The number of para-hydroxylation sites is 1. The van der Waals surface area contributed by atoms with E-state index in [0.29, 0.717) is 17.7 Å². The molecule has 1 saturated carbocycles. The lowest BCUT2D eigenvalue weighted by Gasteiger charge is -2.13. The predicted octanol–water partition coefficient (Wildman–Crippen LogP) is 1.25. The van der Waals surface area contributed by atoms with Crippen molar-refractivity contribution in [1.29, 1.82) is 0 Å². The van der Waals surface area contributed by atoms with Gasteiger partial charge < -0.3 is 16.4 Å². The Hall–Kier alpha value is -1.88. The third-order valence-corrected chi connectivity index (χ3v) is 3.12. The lowest BCUT2D eigenvalue weighted by molar-refractivity contribution is -0.117. The van der Waals surface area contributed by atoms with Crippen molar-refractivity contribution in [2.24, 2.45) is 5.73 Å². The van der Waals surface area contributed by atoms with Gasteiger partial charge in [0, 0.05) is 6.04 Å². The minimum atomic E-state index is -0.556. The Kier molecular flexibility index (Phi) is 4.16. The normalized spacial score (nSPS) is 15.7. The summed E-state index contributed by atoms with van der Waals surface area (Å²) in [5, 5.41) is 5.62. The molecule has 1 aromatic rings. The van der Waals surface area contributed by atoms with Gasteiger partial charge in [-0.25, -0.2) is 0 Å². The Morgan fingerprint density at radius 2 is 2.05 bits per heavy atom. The Labute approximate surface area is 112 Å². The van der Waals surface area contributed by atoms with Gasteiger partial charge in [0.1, 0.15) is 0 Å². The number of nitrogens with two attached hydrogens (primary N) is 1. The third-order valence-electron chi connectivity index (χ3n) is 3.12. The zero-order valence-corrected chi connectivity index (χ0v) is 11.0. The van der Waals surface area contributed by atoms with Gasteiger partial charge in [0.2, 0.25) is 5.91 Å². The maximum absolute atomic E-state index is 12.0. The van der Waals surface area contributed by atoms with Gasteiger partial charge in [0.05, 0.1) is 17.3 Å². The third kappa shape index (κ3) is 3.54. The van der Waals surface area contributed by atoms with E-state index < -0.39 is 6.04 Å². The van der Waals surface area contributed by atoms with Crippen molar-refractivity contribution in [1.82, 2.24) is 5.32 Å². The summed E-state index contributed by atoms with van der Waals surface area (Å²) >= 11 is 0. The van der Waals surface area contributed by atoms with E-state index in [1.807, 2.05) is 6.92 Å². The smallest absolute Gasteiger partial charge is 0.253 e. The molecule has 1 aliphatic rings. The van der Waals surface area contributed by atoms with Crippen LogP contribution in [-0.2, 0) is 4.79 Å². The summed E-state index contributed by atoms with van der Waals surface area (Å²) in [5.41, 5.74) is 6.66. The van der Waals surface area contributed by atoms with Crippen LogP contribution in [-0.4, -0.2) is 23.9 Å². The van der Waals surface area contributed by atoms with Crippen LogP contribution in [0, 0.1) is 0 Å². The molecular weight excluding hydrogens is 242 g/mol. The average Bonchev–Trinajstić information content (AvgIpc) is 3.22. The van der Waals surface area contributed by atoms with Crippen molar-refractivity contribution in [3.05, 3.63) is 29.8 Å². The molecule has 0 radical (unpaired) electrons. The molecule has 0 aliphatic heterocycles. The second-order valence-corrected chi connectivity index (χ2v) is 4.80. The minimum absolute atomic E-state index is 0.150. The van der Waals surface area contributed by atoms with E-state index in [1.165, 1.54) is 0 Å². The highest BCUT2D eigenvalue weighted by Crippen LogP contribution is 2.21. The van der Waals surface area contributed by atoms with Crippen LogP contribution in [0.5, 0.6) is 0 Å². The monoisotopic (exact) mass is 261 g/mol. The molecule has 1 fully saturated rings. The molecule has 0 aromatic heterocycles. The molecule has 0 saturated heterocycles. The van der Waals surface area contributed by atoms with Crippen LogP contribution in [0.3, 0.4) is 0 Å². The second-order valence-electron chi connectivity index (χ2n) is 4.80. The summed E-state index contributed by atoms with van der Waals surface area (Å²) in [5.74, 6) is -0.419. The highest BCUT2D eigenvalue weighted by molar-refractivity contribution is 6.04. The lowest BCUT2D eigenvalue weighted by atomic mass is 10.1. The number of carbonyl (C=O) groups is 2. The Balaban J connectivity index is 2.11. The van der Waals surface area contributed by atoms with Crippen LogP contribution in [0.4, 0.5) is 5.69 Å². The van der Waals surface area contributed by atoms with Gasteiger partial charge >= 0.3 is 0 Å². The molecule has 2 rings (SSSR count). The number of benzene rings is 1. The quantitative estimate of drug-likeness (QED) is 0.746. The van der Waals surface area contributed by atoms with Crippen LogP contribution in [0.25, 0.3) is 0 Å². The fourth-order valence-corrected chi connectivity index (χ4v) is 1.69. The fraction of sp³-hybridized carbons (Fsp3) is 0.429. The summed E-state index contributed by atoms with van der Waals surface area (Å²) in [6, 6.07) is 6.69. The highest BCUT2D eigenvalue weighted by Gasteiger charge is 2.25. The number of rotatable bonds is 5. The van der Waals surface area contributed by atoms with Crippen molar-refractivity contribution in [3.63, 3.8) is 0 Å². The summed E-state index contributed by atoms with van der Waals surface area (Å²) < 4.78 is 0. The largest absolute Gasteiger partial charge is 0.349 e. The number of carbonyl (C=O) groups excluding carboxylic acids is 2. The summed E-state index contributed by atoms with van der Waals surface area (Å²) in [4.78, 5) is 23.8. The summed E-state index contributed by atoms with van der Waals surface area (Å²) in [6.07, 6.45) is 2.62. The standard InChI is InChI=1S/C14H19N3O2/c1-2-11(15)14(19)17-12-6-4-3-5-10(12)13(18)16-9-7-8-9/h3-6,9,11H,2,7-8,15H2,1H3,(H,16,18)(H,17,19)/t11-/m0/s1. The first kappa shape index (κ1) is 13.5. The van der Waals surface area contributed by atoms with Gasteiger partial charge in [-0.1, -0.05) is 19.1 Å². The van der Waals surface area contributed by atoms with Crippen LogP contribution < -0.4 is 16.4 Å². The maximum atomic E-state index is 12.0. The first-order valence-electron chi connectivity index (χ1n) is 6.58. The number of hydrogen-bond acceptors (Lipinski definition) is 3. The second kappa shape index (κ2) is 5.84. The molecule has 0 heterocycles. The van der Waals surface area contributed by atoms with Crippen LogP contribution in [0.2, 0.25) is 0 Å². The Morgan fingerprint density at radius 3 is 2.68 bits per heavy atom. The van der Waals surface area contributed by atoms with Gasteiger partial charge in [0.25, 0.3) is 5.91 Å². The number of hydrogen-bond donors (Lipinski definition) is 3. The first-order chi connectivity index (χ1) is 9.11. The number of nitrogens with one attached hydrogen (secondary N) is 2. The molecule has 0 unspecified atom stereocenters. The zero-order valence-electron chi connectivity index (χ0n) is 11.0. The topological polar surface area (TPSA) is 84.2 Å². The van der Waals surface area contributed by atoms with Crippen LogP contribution in [0.1, 0.15) is 36.5 Å². The van der Waals surface area contributed by atoms with Crippen molar-refractivity contribution < 1.29 is 9.59 Å². The number of amides is 2. The molecule has 2 amide bonds. The molecule has 1 aliphatic carbocycles. The van der Waals surface area contributed by atoms with E-state index in [4.69, 9.17) is 5.73 Å². The summed E-state index contributed by atoms with van der Waals surface area (Å²) in [7, 11) is 0. The molecule has 19 heavy (non-hydrogen) atoms. The van der Waals surface area contributed by atoms with E-state index in [2.05, 4.69) is 10.6 Å². The van der Waals surface area contributed by atoms with Crippen molar-refractivity contribution in [2.75, 3.05) is 5.32 Å². The van der Waals surface area contributed by atoms with Crippen molar-refractivity contribution in [2.45, 2.75) is 38.3 Å². The molecule has 102 valence electrons. The minimum Gasteiger partial charge on any atom is -0.349 e. The fourth-order valence-electron chi connectivity index (χ4n) is 1.69. The SMILES string of the molecule is CC[C@H](N)C(=O)Nc1ccccc1C(=O)NC1CC1. The zero-order chi connectivity index (χ0) is 13.8. The van der Waals surface area contributed by atoms with Gasteiger partial charge in [0.15, 0.2) is 0 Å². The molecule has 1 atom stereocenters. The van der Waals surface area contributed by atoms with Crippen LogP contribution in [0.15, 0.2) is 24.3 Å².